The van der Waals surface area contributed by atoms with Gasteiger partial charge in [-0.15, -0.1) is 0 Å². The molecule has 3 N–H and O–H groups in total. The van der Waals surface area contributed by atoms with E-state index < -0.39 is 18.0 Å². The molecule has 0 aromatic heterocycles. The summed E-state index contributed by atoms with van der Waals surface area (Å²) in [5, 5.41) is 14.9. The third kappa shape index (κ3) is 10.1. The molecule has 38 heavy (non-hydrogen) atoms. The fraction of sp³-hybridized carbons (Fsp3) is 0.433. The SMILES string of the molecule is C[C@H](CO)NC(=O)C[C@H]1CC=CC[C@H](Cc2ccccc2)C(=O)OC[C@H](COCc2ccccc2)NC1=O. The molecule has 1 aliphatic rings. The second kappa shape index (κ2) is 15.7. The van der Waals surface area contributed by atoms with E-state index in [9.17, 15) is 19.5 Å². The van der Waals surface area contributed by atoms with Crippen molar-refractivity contribution in [3.63, 3.8) is 0 Å². The molecule has 3 rings (SSSR count). The van der Waals surface area contributed by atoms with E-state index >= 15 is 0 Å². The van der Waals surface area contributed by atoms with Crippen LogP contribution in [0.25, 0.3) is 0 Å². The van der Waals surface area contributed by atoms with Gasteiger partial charge in [0.05, 0.1) is 37.7 Å². The summed E-state index contributed by atoms with van der Waals surface area (Å²) >= 11 is 0. The third-order valence-corrected chi connectivity index (χ3v) is 6.35. The first-order valence-electron chi connectivity index (χ1n) is 13.1. The molecular weight excluding hydrogens is 484 g/mol. The maximum atomic E-state index is 13.2. The van der Waals surface area contributed by atoms with Crippen molar-refractivity contribution in [2.45, 2.75) is 51.3 Å². The van der Waals surface area contributed by atoms with Crippen LogP contribution in [0.5, 0.6) is 0 Å². The zero-order chi connectivity index (χ0) is 27.2. The molecule has 0 radical (unpaired) electrons. The molecular formula is C30H38N2O6. The van der Waals surface area contributed by atoms with Crippen LogP contribution in [-0.4, -0.2) is 54.8 Å². The summed E-state index contributed by atoms with van der Waals surface area (Å²) in [5.74, 6) is -1.93. The number of aliphatic hydroxyl groups is 1. The van der Waals surface area contributed by atoms with E-state index in [4.69, 9.17) is 9.47 Å². The number of hydrogen-bond acceptors (Lipinski definition) is 6. The average Bonchev–Trinajstić information content (AvgIpc) is 2.92. The molecule has 0 saturated carbocycles. The highest BCUT2D eigenvalue weighted by Gasteiger charge is 2.27. The van der Waals surface area contributed by atoms with Crippen molar-refractivity contribution in [2.24, 2.45) is 11.8 Å². The van der Waals surface area contributed by atoms with E-state index in [0.717, 1.165) is 11.1 Å². The number of esters is 1. The molecule has 204 valence electrons. The van der Waals surface area contributed by atoms with Crippen LogP contribution in [0, 0.1) is 11.8 Å². The van der Waals surface area contributed by atoms with Crippen molar-refractivity contribution < 1.29 is 29.0 Å². The highest BCUT2D eigenvalue weighted by molar-refractivity contribution is 5.86. The lowest BCUT2D eigenvalue weighted by Crippen LogP contribution is -2.46. The fourth-order valence-electron chi connectivity index (χ4n) is 4.21. The molecule has 0 fully saturated rings. The van der Waals surface area contributed by atoms with Gasteiger partial charge in [-0.1, -0.05) is 72.8 Å². The van der Waals surface area contributed by atoms with Crippen molar-refractivity contribution in [1.82, 2.24) is 10.6 Å². The Morgan fingerprint density at radius 3 is 2.32 bits per heavy atom. The van der Waals surface area contributed by atoms with E-state index in [0.29, 0.717) is 25.9 Å². The number of rotatable bonds is 10. The van der Waals surface area contributed by atoms with Crippen LogP contribution in [0.3, 0.4) is 0 Å². The summed E-state index contributed by atoms with van der Waals surface area (Å²) in [7, 11) is 0. The number of ether oxygens (including phenoxy) is 2. The van der Waals surface area contributed by atoms with Crippen LogP contribution in [0.1, 0.15) is 37.3 Å². The van der Waals surface area contributed by atoms with Crippen molar-refractivity contribution in [3.8, 4) is 0 Å². The standard InChI is InChI=1S/C30H38N2O6/c1-22(18-33)31-28(34)17-25-14-8-9-15-26(16-23-10-4-2-5-11-23)30(36)38-21-27(32-29(25)35)20-37-19-24-12-6-3-7-13-24/h2-13,22,25-27,33H,14-21H2,1H3,(H,31,34)(H,32,35)/t22-,25-,26-,27+/m1/s1. The van der Waals surface area contributed by atoms with Gasteiger partial charge >= 0.3 is 5.97 Å². The van der Waals surface area contributed by atoms with Gasteiger partial charge in [-0.05, 0) is 37.3 Å². The predicted octanol–water partition coefficient (Wildman–Crippen LogP) is 2.94. The van der Waals surface area contributed by atoms with E-state index in [1.165, 1.54) is 0 Å². The highest BCUT2D eigenvalue weighted by Crippen LogP contribution is 2.18. The largest absolute Gasteiger partial charge is 0.463 e. The Kier molecular flexibility index (Phi) is 12.0. The van der Waals surface area contributed by atoms with E-state index in [-0.39, 0.29) is 49.9 Å². The molecule has 2 aromatic carbocycles. The van der Waals surface area contributed by atoms with Gasteiger partial charge in [0.25, 0.3) is 0 Å². The van der Waals surface area contributed by atoms with Crippen LogP contribution in [0.4, 0.5) is 0 Å². The summed E-state index contributed by atoms with van der Waals surface area (Å²) < 4.78 is 11.5. The monoisotopic (exact) mass is 522 g/mol. The Balaban J connectivity index is 1.72. The third-order valence-electron chi connectivity index (χ3n) is 6.35. The van der Waals surface area contributed by atoms with Gasteiger partial charge in [-0.3, -0.25) is 14.4 Å². The number of nitrogens with one attached hydrogen (secondary N) is 2. The first kappa shape index (κ1) is 29.1. The molecule has 0 aliphatic carbocycles. The van der Waals surface area contributed by atoms with Gasteiger partial charge in [-0.2, -0.15) is 0 Å². The van der Waals surface area contributed by atoms with Gasteiger partial charge in [0.1, 0.15) is 6.61 Å². The summed E-state index contributed by atoms with van der Waals surface area (Å²) in [5.41, 5.74) is 2.03. The Morgan fingerprint density at radius 2 is 1.66 bits per heavy atom. The Bertz CT molecular complexity index is 1040. The molecule has 4 atom stereocenters. The number of carbonyl (C=O) groups excluding carboxylic acids is 3. The molecule has 0 unspecified atom stereocenters. The topological polar surface area (TPSA) is 114 Å². The van der Waals surface area contributed by atoms with Crippen LogP contribution in [0.2, 0.25) is 0 Å². The number of carbonyl (C=O) groups is 3. The zero-order valence-electron chi connectivity index (χ0n) is 21.9. The van der Waals surface area contributed by atoms with Crippen molar-refractivity contribution in [3.05, 3.63) is 83.9 Å². The molecule has 0 bridgehead atoms. The smallest absolute Gasteiger partial charge is 0.309 e. The van der Waals surface area contributed by atoms with Gasteiger partial charge in [-0.25, -0.2) is 0 Å². The van der Waals surface area contributed by atoms with E-state index in [1.54, 1.807) is 6.92 Å². The Morgan fingerprint density at radius 1 is 1.03 bits per heavy atom. The van der Waals surface area contributed by atoms with Crippen LogP contribution >= 0.6 is 0 Å². The number of hydrogen-bond donors (Lipinski definition) is 3. The molecule has 0 saturated heterocycles. The first-order valence-corrected chi connectivity index (χ1v) is 13.1. The molecule has 0 spiro atoms. The lowest BCUT2D eigenvalue weighted by atomic mass is 9.94. The Labute approximate surface area is 224 Å². The van der Waals surface area contributed by atoms with Crippen molar-refractivity contribution in [1.29, 1.82) is 0 Å². The lowest BCUT2D eigenvalue weighted by molar-refractivity contribution is -0.150. The molecule has 8 nitrogen and oxygen atoms in total. The molecule has 1 heterocycles. The fourth-order valence-corrected chi connectivity index (χ4v) is 4.21. The Hall–Kier alpha value is -3.49. The maximum absolute atomic E-state index is 13.2. The molecule has 1 aliphatic heterocycles. The van der Waals surface area contributed by atoms with Crippen molar-refractivity contribution >= 4 is 17.8 Å². The summed E-state index contributed by atoms with van der Waals surface area (Å²) in [6.07, 6.45) is 5.05. The molecule has 8 heteroatoms. The summed E-state index contributed by atoms with van der Waals surface area (Å²) in [6.45, 7) is 1.98. The van der Waals surface area contributed by atoms with Gasteiger partial charge in [0, 0.05) is 12.5 Å². The minimum atomic E-state index is -0.614. The lowest BCUT2D eigenvalue weighted by Gasteiger charge is -2.24. The quantitative estimate of drug-likeness (QED) is 0.327. The predicted molar refractivity (Wildman–Crippen MR) is 144 cm³/mol. The normalized spacial score (nSPS) is 21.4. The van der Waals surface area contributed by atoms with E-state index in [2.05, 4.69) is 10.6 Å². The number of aliphatic hydroxyl groups excluding tert-OH is 1. The second-order valence-corrected chi connectivity index (χ2v) is 9.72. The van der Waals surface area contributed by atoms with Crippen LogP contribution in [-0.2, 0) is 36.9 Å². The maximum Gasteiger partial charge on any atom is 0.309 e. The highest BCUT2D eigenvalue weighted by atomic mass is 16.5. The van der Waals surface area contributed by atoms with Crippen LogP contribution in [0.15, 0.2) is 72.8 Å². The minimum Gasteiger partial charge on any atom is -0.463 e. The van der Waals surface area contributed by atoms with E-state index in [1.807, 2.05) is 72.8 Å². The second-order valence-electron chi connectivity index (χ2n) is 9.72. The van der Waals surface area contributed by atoms with Crippen molar-refractivity contribution in [2.75, 3.05) is 19.8 Å². The zero-order valence-corrected chi connectivity index (χ0v) is 21.9. The van der Waals surface area contributed by atoms with Crippen LogP contribution < -0.4 is 10.6 Å². The molecule has 2 amide bonds. The average molecular weight is 523 g/mol. The number of benzene rings is 2. The van der Waals surface area contributed by atoms with Gasteiger partial charge in [0.2, 0.25) is 11.8 Å². The summed E-state index contributed by atoms with van der Waals surface area (Å²) in [6, 6.07) is 18.5. The van der Waals surface area contributed by atoms with Gasteiger partial charge in [0.15, 0.2) is 0 Å². The van der Waals surface area contributed by atoms with Gasteiger partial charge < -0.3 is 25.2 Å². The number of allylic oxidation sites excluding steroid dienone is 2. The molecule has 2 aromatic rings. The summed E-state index contributed by atoms with van der Waals surface area (Å²) in [4.78, 5) is 38.7. The minimum absolute atomic E-state index is 0.0225. The number of amides is 2. The number of cyclic esters (lactones) is 1. The first-order chi connectivity index (χ1) is 18.4.